The Balaban J connectivity index is 1.52. The van der Waals surface area contributed by atoms with E-state index >= 15 is 0 Å². The van der Waals surface area contributed by atoms with Crippen LogP contribution in [-0.2, 0) is 0 Å². The van der Waals surface area contributed by atoms with Gasteiger partial charge in [0.1, 0.15) is 5.54 Å². The number of hydrogen-bond donors (Lipinski definition) is 1. The van der Waals surface area contributed by atoms with Crippen molar-refractivity contribution in [2.24, 2.45) is 0 Å². The van der Waals surface area contributed by atoms with Gasteiger partial charge in [-0.15, -0.1) is 0 Å². The van der Waals surface area contributed by atoms with Crippen molar-refractivity contribution < 1.29 is 0 Å². The molecule has 4 nitrogen and oxygen atoms in total. The van der Waals surface area contributed by atoms with E-state index < -0.39 is 0 Å². The maximum Gasteiger partial charge on any atom is 0.105 e. The molecule has 2 heterocycles. The zero-order valence-corrected chi connectivity index (χ0v) is 12.9. The van der Waals surface area contributed by atoms with Crippen LogP contribution in [0.3, 0.4) is 0 Å². The third-order valence-corrected chi connectivity index (χ3v) is 5.31. The normalized spacial score (nSPS) is 34.5. The molecule has 1 aliphatic carbocycles. The smallest absolute Gasteiger partial charge is 0.105 e. The van der Waals surface area contributed by atoms with Crippen molar-refractivity contribution in [1.82, 2.24) is 15.1 Å². The minimum Gasteiger partial charge on any atom is -0.298 e. The number of fused-ring (bicyclic) bond motifs is 1. The second-order valence-corrected chi connectivity index (χ2v) is 7.25. The van der Waals surface area contributed by atoms with Crippen LogP contribution in [0.2, 0.25) is 0 Å². The summed E-state index contributed by atoms with van der Waals surface area (Å²) in [6.07, 6.45) is 6.16. The van der Waals surface area contributed by atoms with Gasteiger partial charge in [-0.2, -0.15) is 5.26 Å². The Morgan fingerprint density at radius 1 is 1.30 bits per heavy atom. The molecular weight excluding hydrogens is 248 g/mol. The summed E-state index contributed by atoms with van der Waals surface area (Å²) in [4.78, 5) is 5.27. The van der Waals surface area contributed by atoms with Gasteiger partial charge in [0.2, 0.25) is 0 Å². The van der Waals surface area contributed by atoms with Crippen molar-refractivity contribution in [3.8, 4) is 6.07 Å². The molecule has 3 atom stereocenters. The fraction of sp³-hybridized carbons (Fsp3) is 0.938. The maximum absolute atomic E-state index is 9.47. The van der Waals surface area contributed by atoms with Crippen molar-refractivity contribution in [3.05, 3.63) is 0 Å². The van der Waals surface area contributed by atoms with E-state index in [1.807, 2.05) is 0 Å². The van der Waals surface area contributed by atoms with Crippen LogP contribution in [0.5, 0.6) is 0 Å². The van der Waals surface area contributed by atoms with Gasteiger partial charge >= 0.3 is 0 Å². The highest BCUT2D eigenvalue weighted by atomic mass is 15.3. The third kappa shape index (κ3) is 3.16. The Morgan fingerprint density at radius 2 is 2.10 bits per heavy atom. The molecule has 112 valence electrons. The Kier molecular flexibility index (Phi) is 4.03. The summed E-state index contributed by atoms with van der Waals surface area (Å²) in [6.45, 7) is 9.17. The van der Waals surface area contributed by atoms with Gasteiger partial charge in [0.15, 0.2) is 0 Å². The summed E-state index contributed by atoms with van der Waals surface area (Å²) in [5.41, 5.74) is -0.340. The standard InChI is InChI=1S/C16H28N4/c1-13-10-20-8-3-4-15(20)11-19(13)9-7-16(2,12-17)18-14-5-6-14/h13-15,18H,3-11H2,1-2H3. The fourth-order valence-corrected chi connectivity index (χ4v) is 3.77. The summed E-state index contributed by atoms with van der Waals surface area (Å²) < 4.78 is 0. The van der Waals surface area contributed by atoms with E-state index in [9.17, 15) is 5.26 Å². The molecule has 2 aliphatic heterocycles. The number of piperazine rings is 1. The SMILES string of the molecule is CC1CN2CCCC2CN1CCC(C)(C#N)NC1CC1. The average molecular weight is 276 g/mol. The predicted molar refractivity (Wildman–Crippen MR) is 80.4 cm³/mol. The van der Waals surface area contributed by atoms with Gasteiger partial charge in [-0.1, -0.05) is 0 Å². The van der Waals surface area contributed by atoms with E-state index in [1.165, 1.54) is 45.3 Å². The molecule has 1 saturated carbocycles. The predicted octanol–water partition coefficient (Wildman–Crippen LogP) is 1.58. The Hall–Kier alpha value is -0.630. The van der Waals surface area contributed by atoms with E-state index in [1.54, 1.807) is 0 Å². The van der Waals surface area contributed by atoms with Crippen LogP contribution in [0.25, 0.3) is 0 Å². The zero-order valence-electron chi connectivity index (χ0n) is 12.9. The lowest BCUT2D eigenvalue weighted by molar-refractivity contribution is 0.0550. The molecule has 0 spiro atoms. The first kappa shape index (κ1) is 14.3. The maximum atomic E-state index is 9.47. The topological polar surface area (TPSA) is 42.3 Å². The van der Waals surface area contributed by atoms with Crippen LogP contribution in [-0.4, -0.2) is 59.6 Å². The van der Waals surface area contributed by atoms with Gasteiger partial charge in [0.25, 0.3) is 0 Å². The van der Waals surface area contributed by atoms with Gasteiger partial charge in [-0.05, 0) is 52.5 Å². The average Bonchev–Trinajstić information content (AvgIpc) is 3.12. The van der Waals surface area contributed by atoms with Gasteiger partial charge in [-0.3, -0.25) is 15.1 Å². The van der Waals surface area contributed by atoms with Crippen molar-refractivity contribution in [2.45, 2.75) is 69.6 Å². The van der Waals surface area contributed by atoms with Crippen LogP contribution in [0.1, 0.15) is 46.0 Å². The second-order valence-electron chi connectivity index (χ2n) is 7.25. The van der Waals surface area contributed by atoms with Crippen LogP contribution in [0, 0.1) is 11.3 Å². The summed E-state index contributed by atoms with van der Waals surface area (Å²) in [6, 6.07) is 4.51. The lowest BCUT2D eigenvalue weighted by Gasteiger charge is -2.43. The first-order chi connectivity index (χ1) is 9.59. The van der Waals surface area contributed by atoms with Crippen LogP contribution >= 0.6 is 0 Å². The number of nitrogens with zero attached hydrogens (tertiary/aromatic N) is 3. The zero-order chi connectivity index (χ0) is 14.2. The summed E-state index contributed by atoms with van der Waals surface area (Å²) in [5, 5.41) is 13.0. The molecule has 0 radical (unpaired) electrons. The molecular formula is C16H28N4. The summed E-state index contributed by atoms with van der Waals surface area (Å²) >= 11 is 0. The van der Waals surface area contributed by atoms with E-state index in [4.69, 9.17) is 0 Å². The van der Waals surface area contributed by atoms with Gasteiger partial charge < -0.3 is 0 Å². The van der Waals surface area contributed by atoms with Crippen molar-refractivity contribution in [1.29, 1.82) is 5.26 Å². The second kappa shape index (κ2) is 5.63. The minimum absolute atomic E-state index is 0.340. The van der Waals surface area contributed by atoms with E-state index in [0.29, 0.717) is 12.1 Å². The minimum atomic E-state index is -0.340. The van der Waals surface area contributed by atoms with E-state index in [2.05, 4.69) is 35.0 Å². The molecule has 2 saturated heterocycles. The molecule has 1 N–H and O–H groups in total. The van der Waals surface area contributed by atoms with Crippen LogP contribution < -0.4 is 5.32 Å². The molecule has 3 aliphatic rings. The molecule has 0 amide bonds. The molecule has 0 aromatic heterocycles. The Bertz CT molecular complexity index is 386. The number of nitrogens with one attached hydrogen (secondary N) is 1. The Morgan fingerprint density at radius 3 is 2.80 bits per heavy atom. The number of nitriles is 1. The molecule has 4 heteroatoms. The lowest BCUT2D eigenvalue weighted by atomic mass is 9.98. The molecule has 3 fully saturated rings. The van der Waals surface area contributed by atoms with E-state index in [0.717, 1.165) is 19.0 Å². The molecule has 0 aromatic rings. The molecule has 0 aromatic carbocycles. The molecule has 3 rings (SSSR count). The van der Waals surface area contributed by atoms with Crippen LogP contribution in [0.15, 0.2) is 0 Å². The first-order valence-corrected chi connectivity index (χ1v) is 8.27. The van der Waals surface area contributed by atoms with Gasteiger partial charge in [0.05, 0.1) is 6.07 Å². The summed E-state index contributed by atoms with van der Waals surface area (Å²) in [5.74, 6) is 0. The fourth-order valence-electron chi connectivity index (χ4n) is 3.77. The first-order valence-electron chi connectivity index (χ1n) is 8.27. The summed E-state index contributed by atoms with van der Waals surface area (Å²) in [7, 11) is 0. The largest absolute Gasteiger partial charge is 0.298 e. The van der Waals surface area contributed by atoms with E-state index in [-0.39, 0.29) is 5.54 Å². The van der Waals surface area contributed by atoms with Crippen molar-refractivity contribution >= 4 is 0 Å². The highest BCUT2D eigenvalue weighted by Crippen LogP contribution is 2.27. The van der Waals surface area contributed by atoms with Crippen molar-refractivity contribution in [2.75, 3.05) is 26.2 Å². The third-order valence-electron chi connectivity index (χ3n) is 5.31. The number of rotatable bonds is 5. The monoisotopic (exact) mass is 276 g/mol. The lowest BCUT2D eigenvalue weighted by Crippen LogP contribution is -2.56. The van der Waals surface area contributed by atoms with Crippen LogP contribution in [0.4, 0.5) is 0 Å². The molecule has 0 bridgehead atoms. The van der Waals surface area contributed by atoms with Gasteiger partial charge in [0, 0.05) is 37.8 Å². The molecule has 3 unspecified atom stereocenters. The van der Waals surface area contributed by atoms with Crippen molar-refractivity contribution in [3.63, 3.8) is 0 Å². The highest BCUT2D eigenvalue weighted by molar-refractivity contribution is 5.07. The van der Waals surface area contributed by atoms with Gasteiger partial charge in [-0.25, -0.2) is 0 Å². The quantitative estimate of drug-likeness (QED) is 0.828. The Labute approximate surface area is 123 Å². The number of hydrogen-bond acceptors (Lipinski definition) is 4. The molecule has 20 heavy (non-hydrogen) atoms. The highest BCUT2D eigenvalue weighted by Gasteiger charge is 2.36.